The molecule has 0 aromatic heterocycles. The zero-order valence-corrected chi connectivity index (χ0v) is 9.45. The average Bonchev–Trinajstić information content (AvgIpc) is 2.29. The van der Waals surface area contributed by atoms with E-state index >= 15 is 0 Å². The Labute approximate surface area is 95.0 Å². The lowest BCUT2D eigenvalue weighted by Crippen LogP contribution is -2.25. The molecule has 0 saturated carbocycles. The quantitative estimate of drug-likeness (QED) is 0.777. The molecule has 88 valence electrons. The van der Waals surface area contributed by atoms with Gasteiger partial charge in [0.1, 0.15) is 5.82 Å². The number of carbonyl (C=O) groups is 1. The molecule has 2 N–H and O–H groups in total. The molecular weight excluding hydrogens is 207 g/mol. The summed E-state index contributed by atoms with van der Waals surface area (Å²) in [6.45, 7) is 0.605. The third-order valence-corrected chi connectivity index (χ3v) is 2.43. The molecule has 0 radical (unpaired) electrons. The van der Waals surface area contributed by atoms with Crippen LogP contribution in [0.15, 0.2) is 24.3 Å². The summed E-state index contributed by atoms with van der Waals surface area (Å²) >= 11 is 0. The Balaban J connectivity index is 2.53. The number of hydrogen-bond acceptors (Lipinski definition) is 2. The molecule has 3 nitrogen and oxygen atoms in total. The lowest BCUT2D eigenvalue weighted by molar-refractivity contribution is -0.118. The molecule has 1 aromatic rings. The number of amides is 1. The van der Waals surface area contributed by atoms with Crippen molar-refractivity contribution in [3.8, 4) is 0 Å². The predicted octanol–water partition coefficient (Wildman–Crippen LogP) is 1.92. The number of anilines is 1. The Morgan fingerprint density at radius 1 is 1.31 bits per heavy atom. The maximum absolute atomic E-state index is 12.7. The first-order valence-corrected chi connectivity index (χ1v) is 5.37. The summed E-state index contributed by atoms with van der Waals surface area (Å²) in [6, 6.07) is 5.88. The van der Waals surface area contributed by atoms with Crippen molar-refractivity contribution in [1.29, 1.82) is 0 Å². The Kier molecular flexibility index (Phi) is 4.92. The zero-order chi connectivity index (χ0) is 12.0. The number of halogens is 1. The summed E-state index contributed by atoms with van der Waals surface area (Å²) in [5.41, 5.74) is 6.06. The minimum Gasteiger partial charge on any atom is -0.330 e. The summed E-state index contributed by atoms with van der Waals surface area (Å²) in [6.07, 6.45) is 2.12. The molecule has 0 unspecified atom stereocenters. The largest absolute Gasteiger partial charge is 0.330 e. The number of unbranched alkanes of at least 4 members (excludes halogenated alkanes) is 1. The predicted molar refractivity (Wildman–Crippen MR) is 62.7 cm³/mol. The van der Waals surface area contributed by atoms with Crippen molar-refractivity contribution in [2.75, 3.05) is 18.5 Å². The van der Waals surface area contributed by atoms with Gasteiger partial charge in [-0.3, -0.25) is 4.79 Å². The Hall–Kier alpha value is -1.42. The number of nitrogens with two attached hydrogens (primary N) is 1. The molecule has 16 heavy (non-hydrogen) atoms. The SMILES string of the molecule is CN(C(=O)CCCCN)c1ccc(F)cc1. The molecule has 0 aliphatic heterocycles. The fraction of sp³-hybridized carbons (Fsp3) is 0.417. The molecule has 0 atom stereocenters. The summed E-state index contributed by atoms with van der Waals surface area (Å²) in [5.74, 6) is -0.271. The van der Waals surface area contributed by atoms with E-state index in [-0.39, 0.29) is 11.7 Å². The van der Waals surface area contributed by atoms with E-state index in [1.54, 1.807) is 19.2 Å². The Morgan fingerprint density at radius 3 is 2.50 bits per heavy atom. The second kappa shape index (κ2) is 6.23. The maximum atomic E-state index is 12.7. The van der Waals surface area contributed by atoms with E-state index in [4.69, 9.17) is 5.73 Å². The van der Waals surface area contributed by atoms with E-state index < -0.39 is 0 Å². The third kappa shape index (κ3) is 3.62. The number of benzene rings is 1. The number of hydrogen-bond donors (Lipinski definition) is 1. The molecule has 0 heterocycles. The van der Waals surface area contributed by atoms with Crippen LogP contribution >= 0.6 is 0 Å². The highest BCUT2D eigenvalue weighted by atomic mass is 19.1. The van der Waals surface area contributed by atoms with E-state index in [2.05, 4.69) is 0 Å². The highest BCUT2D eigenvalue weighted by molar-refractivity contribution is 5.92. The molecule has 0 aliphatic rings. The van der Waals surface area contributed by atoms with E-state index in [0.29, 0.717) is 18.7 Å². The van der Waals surface area contributed by atoms with E-state index in [9.17, 15) is 9.18 Å². The Bertz CT molecular complexity index is 337. The summed E-state index contributed by atoms with van der Waals surface area (Å²) < 4.78 is 12.7. The van der Waals surface area contributed by atoms with Crippen LogP contribution in [0, 0.1) is 5.82 Å². The van der Waals surface area contributed by atoms with E-state index in [1.807, 2.05) is 0 Å². The van der Waals surface area contributed by atoms with Crippen LogP contribution in [0.25, 0.3) is 0 Å². The minimum absolute atomic E-state index is 0.0278. The first kappa shape index (κ1) is 12.6. The van der Waals surface area contributed by atoms with Gasteiger partial charge in [0.2, 0.25) is 5.91 Å². The molecule has 1 amide bonds. The molecule has 4 heteroatoms. The zero-order valence-electron chi connectivity index (χ0n) is 9.45. The van der Waals surface area contributed by atoms with Crippen LogP contribution in [-0.4, -0.2) is 19.5 Å². The van der Waals surface area contributed by atoms with Crippen LogP contribution in [-0.2, 0) is 4.79 Å². The lowest BCUT2D eigenvalue weighted by Gasteiger charge is -2.17. The van der Waals surface area contributed by atoms with Gasteiger partial charge in [-0.05, 0) is 43.7 Å². The fourth-order valence-electron chi connectivity index (χ4n) is 1.40. The molecule has 0 fully saturated rings. The molecular formula is C12H17FN2O. The van der Waals surface area contributed by atoms with Crippen molar-refractivity contribution in [3.63, 3.8) is 0 Å². The van der Waals surface area contributed by atoms with Gasteiger partial charge in [-0.15, -0.1) is 0 Å². The van der Waals surface area contributed by atoms with Crippen molar-refractivity contribution in [1.82, 2.24) is 0 Å². The maximum Gasteiger partial charge on any atom is 0.226 e. The normalized spacial score (nSPS) is 10.2. The number of rotatable bonds is 5. The van der Waals surface area contributed by atoms with Gasteiger partial charge in [0, 0.05) is 19.2 Å². The van der Waals surface area contributed by atoms with Gasteiger partial charge >= 0.3 is 0 Å². The lowest BCUT2D eigenvalue weighted by atomic mass is 10.2. The minimum atomic E-state index is -0.298. The van der Waals surface area contributed by atoms with Crippen molar-refractivity contribution >= 4 is 11.6 Å². The third-order valence-electron chi connectivity index (χ3n) is 2.43. The van der Waals surface area contributed by atoms with Gasteiger partial charge in [0.05, 0.1) is 0 Å². The fourth-order valence-corrected chi connectivity index (χ4v) is 1.40. The van der Waals surface area contributed by atoms with Crippen molar-refractivity contribution in [2.45, 2.75) is 19.3 Å². The second-order valence-electron chi connectivity index (χ2n) is 3.67. The number of nitrogens with zero attached hydrogens (tertiary/aromatic N) is 1. The van der Waals surface area contributed by atoms with Crippen LogP contribution < -0.4 is 10.6 Å². The molecule has 0 aliphatic carbocycles. The highest BCUT2D eigenvalue weighted by Gasteiger charge is 2.09. The van der Waals surface area contributed by atoms with Crippen LogP contribution in [0.3, 0.4) is 0 Å². The van der Waals surface area contributed by atoms with Gasteiger partial charge in [-0.2, -0.15) is 0 Å². The van der Waals surface area contributed by atoms with Gasteiger partial charge in [0.25, 0.3) is 0 Å². The van der Waals surface area contributed by atoms with Crippen molar-refractivity contribution in [2.24, 2.45) is 5.73 Å². The van der Waals surface area contributed by atoms with Crippen molar-refractivity contribution < 1.29 is 9.18 Å². The average molecular weight is 224 g/mol. The summed E-state index contributed by atoms with van der Waals surface area (Å²) in [4.78, 5) is 13.2. The van der Waals surface area contributed by atoms with Gasteiger partial charge in [-0.25, -0.2) is 4.39 Å². The summed E-state index contributed by atoms with van der Waals surface area (Å²) in [7, 11) is 1.69. The van der Waals surface area contributed by atoms with Crippen molar-refractivity contribution in [3.05, 3.63) is 30.1 Å². The van der Waals surface area contributed by atoms with Gasteiger partial charge < -0.3 is 10.6 Å². The standard InChI is InChI=1S/C12H17FN2O/c1-15(12(16)4-2-3-9-14)11-7-5-10(13)6-8-11/h5-8H,2-4,9,14H2,1H3. The first-order chi connectivity index (χ1) is 7.65. The summed E-state index contributed by atoms with van der Waals surface area (Å²) in [5, 5.41) is 0. The smallest absolute Gasteiger partial charge is 0.226 e. The first-order valence-electron chi connectivity index (χ1n) is 5.37. The number of carbonyl (C=O) groups excluding carboxylic acids is 1. The highest BCUT2D eigenvalue weighted by Crippen LogP contribution is 2.14. The van der Waals surface area contributed by atoms with E-state index in [1.165, 1.54) is 17.0 Å². The van der Waals surface area contributed by atoms with Crippen LogP contribution in [0.1, 0.15) is 19.3 Å². The van der Waals surface area contributed by atoms with Gasteiger partial charge in [0.15, 0.2) is 0 Å². The molecule has 1 rings (SSSR count). The molecule has 0 saturated heterocycles. The van der Waals surface area contributed by atoms with Crippen LogP contribution in [0.5, 0.6) is 0 Å². The van der Waals surface area contributed by atoms with E-state index in [0.717, 1.165) is 12.8 Å². The topological polar surface area (TPSA) is 46.3 Å². The van der Waals surface area contributed by atoms with Gasteiger partial charge in [-0.1, -0.05) is 0 Å². The molecule has 1 aromatic carbocycles. The molecule has 0 spiro atoms. The monoisotopic (exact) mass is 224 g/mol. The second-order valence-corrected chi connectivity index (χ2v) is 3.67. The van der Waals surface area contributed by atoms with Crippen LogP contribution in [0.4, 0.5) is 10.1 Å². The Morgan fingerprint density at radius 2 is 1.94 bits per heavy atom. The van der Waals surface area contributed by atoms with Crippen LogP contribution in [0.2, 0.25) is 0 Å². The molecule has 0 bridgehead atoms.